The summed E-state index contributed by atoms with van der Waals surface area (Å²) in [5, 5.41) is 3.27. The first-order valence-corrected chi connectivity index (χ1v) is 4.72. The van der Waals surface area contributed by atoms with Crippen LogP contribution in [-0.4, -0.2) is 25.7 Å². The average Bonchev–Trinajstić information content (AvgIpc) is 2.32. The average molecular weight is 171 g/mol. The molecule has 1 aliphatic rings. The lowest BCUT2D eigenvalue weighted by Gasteiger charge is -2.11. The Morgan fingerprint density at radius 3 is 3.08 bits per heavy atom. The van der Waals surface area contributed by atoms with Gasteiger partial charge in [0.05, 0.1) is 12.5 Å². The van der Waals surface area contributed by atoms with E-state index >= 15 is 0 Å². The van der Waals surface area contributed by atoms with E-state index in [4.69, 9.17) is 4.74 Å². The maximum Gasteiger partial charge on any atom is 0.308 e. The zero-order valence-electron chi connectivity index (χ0n) is 7.64. The summed E-state index contributed by atoms with van der Waals surface area (Å²) < 4.78 is 4.97. The van der Waals surface area contributed by atoms with Gasteiger partial charge in [-0.3, -0.25) is 4.79 Å². The van der Waals surface area contributed by atoms with E-state index in [1.54, 1.807) is 0 Å². The molecule has 0 saturated carbocycles. The number of carbonyl (C=O) groups is 1. The molecule has 0 spiro atoms. The normalized spacial score (nSPS) is 24.6. The monoisotopic (exact) mass is 171 g/mol. The van der Waals surface area contributed by atoms with E-state index in [1.165, 1.54) is 0 Å². The molecule has 1 rings (SSSR count). The number of hydrogen-bond acceptors (Lipinski definition) is 3. The summed E-state index contributed by atoms with van der Waals surface area (Å²) in [6.07, 6.45) is 2.99. The van der Waals surface area contributed by atoms with Crippen molar-refractivity contribution in [3.05, 3.63) is 0 Å². The van der Waals surface area contributed by atoms with Crippen LogP contribution in [0.2, 0.25) is 0 Å². The van der Waals surface area contributed by atoms with E-state index in [-0.39, 0.29) is 11.9 Å². The Morgan fingerprint density at radius 1 is 1.50 bits per heavy atom. The predicted octanol–water partition coefficient (Wildman–Crippen LogP) is 0.939. The number of rotatable bonds is 2. The predicted molar refractivity (Wildman–Crippen MR) is 46.8 cm³/mol. The van der Waals surface area contributed by atoms with Gasteiger partial charge >= 0.3 is 5.97 Å². The first kappa shape index (κ1) is 9.52. The molecule has 70 valence electrons. The van der Waals surface area contributed by atoms with Crippen molar-refractivity contribution in [2.75, 3.05) is 19.7 Å². The molecule has 0 aromatic rings. The maximum absolute atomic E-state index is 11.3. The van der Waals surface area contributed by atoms with Crippen molar-refractivity contribution in [3.8, 4) is 0 Å². The lowest BCUT2D eigenvalue weighted by atomic mass is 10.0. The van der Waals surface area contributed by atoms with E-state index in [0.29, 0.717) is 6.61 Å². The molecule has 3 nitrogen and oxygen atoms in total. The maximum atomic E-state index is 11.3. The second kappa shape index (κ2) is 5.14. The van der Waals surface area contributed by atoms with Crippen molar-refractivity contribution < 1.29 is 9.53 Å². The molecule has 12 heavy (non-hydrogen) atoms. The molecule has 1 aliphatic heterocycles. The van der Waals surface area contributed by atoms with Gasteiger partial charge in [0.15, 0.2) is 0 Å². The lowest BCUT2D eigenvalue weighted by molar-refractivity contribution is -0.148. The van der Waals surface area contributed by atoms with Gasteiger partial charge in [-0.25, -0.2) is 0 Å². The van der Waals surface area contributed by atoms with Gasteiger partial charge in [0.2, 0.25) is 0 Å². The Hall–Kier alpha value is -0.570. The van der Waals surface area contributed by atoms with Crippen molar-refractivity contribution in [2.45, 2.75) is 26.2 Å². The summed E-state index contributed by atoms with van der Waals surface area (Å²) in [7, 11) is 0. The first-order chi connectivity index (χ1) is 5.84. The lowest BCUT2D eigenvalue weighted by Crippen LogP contribution is -2.19. The van der Waals surface area contributed by atoms with E-state index in [2.05, 4.69) is 5.32 Å². The highest BCUT2D eigenvalue weighted by Crippen LogP contribution is 2.14. The van der Waals surface area contributed by atoms with Crippen molar-refractivity contribution >= 4 is 5.97 Å². The Kier molecular flexibility index (Phi) is 4.08. The van der Waals surface area contributed by atoms with Crippen molar-refractivity contribution in [1.82, 2.24) is 5.32 Å². The van der Waals surface area contributed by atoms with E-state index in [1.807, 2.05) is 6.92 Å². The highest BCUT2D eigenvalue weighted by molar-refractivity contribution is 5.72. The van der Waals surface area contributed by atoms with Crippen molar-refractivity contribution in [1.29, 1.82) is 0 Å². The van der Waals surface area contributed by atoms with E-state index in [0.717, 1.165) is 32.4 Å². The summed E-state index contributed by atoms with van der Waals surface area (Å²) >= 11 is 0. The topological polar surface area (TPSA) is 38.3 Å². The Balaban J connectivity index is 2.32. The van der Waals surface area contributed by atoms with E-state index in [9.17, 15) is 4.79 Å². The molecular weight excluding hydrogens is 154 g/mol. The molecule has 0 aromatic carbocycles. The van der Waals surface area contributed by atoms with Crippen LogP contribution in [-0.2, 0) is 9.53 Å². The molecule has 0 aromatic heterocycles. The summed E-state index contributed by atoms with van der Waals surface area (Å²) in [5.41, 5.74) is 0. The molecule has 0 aliphatic carbocycles. The van der Waals surface area contributed by atoms with Gasteiger partial charge in [-0.05, 0) is 39.3 Å². The molecule has 1 atom stereocenters. The number of nitrogens with one attached hydrogen (secondary N) is 1. The minimum absolute atomic E-state index is 0.0128. The fourth-order valence-corrected chi connectivity index (χ4v) is 1.51. The Labute approximate surface area is 73.5 Å². The zero-order valence-corrected chi connectivity index (χ0v) is 7.64. The standard InChI is InChI=1S/C9H17NO2/c1-2-12-9(11)8-4-3-6-10-7-5-8/h8,10H,2-7H2,1H3. The quantitative estimate of drug-likeness (QED) is 0.628. The molecule has 1 saturated heterocycles. The van der Waals surface area contributed by atoms with Crippen LogP contribution in [0.4, 0.5) is 0 Å². The van der Waals surface area contributed by atoms with Crippen LogP contribution in [0.1, 0.15) is 26.2 Å². The van der Waals surface area contributed by atoms with Gasteiger partial charge < -0.3 is 10.1 Å². The third-order valence-electron chi connectivity index (χ3n) is 2.20. The molecular formula is C9H17NO2. The van der Waals surface area contributed by atoms with Gasteiger partial charge in [0, 0.05) is 0 Å². The van der Waals surface area contributed by atoms with Gasteiger partial charge in [-0.15, -0.1) is 0 Å². The van der Waals surface area contributed by atoms with Gasteiger partial charge in [0.25, 0.3) is 0 Å². The fourth-order valence-electron chi connectivity index (χ4n) is 1.51. The second-order valence-electron chi connectivity index (χ2n) is 3.13. The summed E-state index contributed by atoms with van der Waals surface area (Å²) in [6.45, 7) is 4.34. The van der Waals surface area contributed by atoms with Crippen molar-refractivity contribution in [2.24, 2.45) is 5.92 Å². The number of ether oxygens (including phenoxy) is 1. The summed E-state index contributed by atoms with van der Waals surface area (Å²) in [5.74, 6) is 0.126. The van der Waals surface area contributed by atoms with E-state index < -0.39 is 0 Å². The molecule has 1 heterocycles. The van der Waals surface area contributed by atoms with Crippen LogP contribution in [0, 0.1) is 5.92 Å². The van der Waals surface area contributed by atoms with Crippen molar-refractivity contribution in [3.63, 3.8) is 0 Å². The molecule has 0 radical (unpaired) electrons. The Bertz CT molecular complexity index is 139. The smallest absolute Gasteiger partial charge is 0.308 e. The number of carbonyl (C=O) groups excluding carboxylic acids is 1. The molecule has 1 N–H and O–H groups in total. The molecule has 0 amide bonds. The minimum Gasteiger partial charge on any atom is -0.466 e. The van der Waals surface area contributed by atoms with Crippen LogP contribution in [0.15, 0.2) is 0 Å². The van der Waals surface area contributed by atoms with Crippen LogP contribution in [0.5, 0.6) is 0 Å². The second-order valence-corrected chi connectivity index (χ2v) is 3.13. The Morgan fingerprint density at radius 2 is 2.33 bits per heavy atom. The highest BCUT2D eigenvalue weighted by Gasteiger charge is 2.20. The molecule has 1 unspecified atom stereocenters. The van der Waals surface area contributed by atoms with Gasteiger partial charge in [0.1, 0.15) is 0 Å². The highest BCUT2D eigenvalue weighted by atomic mass is 16.5. The molecule has 0 bridgehead atoms. The van der Waals surface area contributed by atoms with Crippen LogP contribution in [0.25, 0.3) is 0 Å². The largest absolute Gasteiger partial charge is 0.466 e. The third-order valence-corrected chi connectivity index (χ3v) is 2.20. The zero-order chi connectivity index (χ0) is 8.81. The first-order valence-electron chi connectivity index (χ1n) is 4.72. The number of esters is 1. The van der Waals surface area contributed by atoms with Gasteiger partial charge in [-0.2, -0.15) is 0 Å². The third kappa shape index (κ3) is 2.81. The SMILES string of the molecule is CCOC(=O)C1CCCNCC1. The summed E-state index contributed by atoms with van der Waals surface area (Å²) in [6, 6.07) is 0. The van der Waals surface area contributed by atoms with Crippen LogP contribution in [0.3, 0.4) is 0 Å². The molecule has 3 heteroatoms. The molecule has 1 fully saturated rings. The van der Waals surface area contributed by atoms with Crippen LogP contribution >= 0.6 is 0 Å². The minimum atomic E-state index is -0.0128. The number of hydrogen-bond donors (Lipinski definition) is 1. The van der Waals surface area contributed by atoms with Crippen LogP contribution < -0.4 is 5.32 Å². The van der Waals surface area contributed by atoms with Gasteiger partial charge in [-0.1, -0.05) is 0 Å². The fraction of sp³-hybridized carbons (Fsp3) is 0.889. The summed E-state index contributed by atoms with van der Waals surface area (Å²) in [4.78, 5) is 11.3.